The quantitative estimate of drug-likeness (QED) is 0.781. The van der Waals surface area contributed by atoms with E-state index < -0.39 is 24.6 Å². The van der Waals surface area contributed by atoms with E-state index in [1.54, 1.807) is 6.07 Å². The van der Waals surface area contributed by atoms with Gasteiger partial charge in [0.25, 0.3) is 0 Å². The SMILES string of the molecule is N#CCc1ccc(OC(F)(F)[C@H](F)OC(F)(F)F)cc1. The normalized spacial score (nSPS) is 13.7. The third kappa shape index (κ3) is 4.97. The van der Waals surface area contributed by atoms with Gasteiger partial charge in [0.15, 0.2) is 0 Å². The van der Waals surface area contributed by atoms with E-state index in [0.717, 1.165) is 12.1 Å². The predicted molar refractivity (Wildman–Crippen MR) is 53.4 cm³/mol. The van der Waals surface area contributed by atoms with Crippen molar-refractivity contribution < 1.29 is 35.8 Å². The Morgan fingerprint density at radius 3 is 2.10 bits per heavy atom. The van der Waals surface area contributed by atoms with Crippen LogP contribution in [0.15, 0.2) is 24.3 Å². The van der Waals surface area contributed by atoms with Crippen LogP contribution >= 0.6 is 0 Å². The molecule has 0 amide bonds. The molecule has 0 N–H and O–H groups in total. The van der Waals surface area contributed by atoms with Gasteiger partial charge in [-0.2, -0.15) is 14.0 Å². The third-order valence-electron chi connectivity index (χ3n) is 1.96. The summed E-state index contributed by atoms with van der Waals surface area (Å²) in [6.45, 7) is 0. The lowest BCUT2D eigenvalue weighted by molar-refractivity contribution is -0.411. The van der Waals surface area contributed by atoms with Gasteiger partial charge in [0.05, 0.1) is 12.5 Å². The molecule has 0 spiro atoms. The lowest BCUT2D eigenvalue weighted by atomic mass is 10.2. The monoisotopic (exact) mass is 299 g/mol. The van der Waals surface area contributed by atoms with Crippen molar-refractivity contribution in [3.8, 4) is 11.8 Å². The second-order valence-electron chi connectivity index (χ2n) is 3.52. The Kier molecular flexibility index (Phi) is 4.83. The van der Waals surface area contributed by atoms with Crippen LogP contribution < -0.4 is 4.74 Å². The van der Waals surface area contributed by atoms with Gasteiger partial charge in [-0.3, -0.25) is 0 Å². The number of benzene rings is 1. The highest BCUT2D eigenvalue weighted by atomic mass is 19.4. The molecule has 1 rings (SSSR count). The Morgan fingerprint density at radius 2 is 1.65 bits per heavy atom. The molecule has 1 atom stereocenters. The van der Waals surface area contributed by atoms with Crippen molar-refractivity contribution in [1.29, 1.82) is 5.26 Å². The lowest BCUT2D eigenvalue weighted by Crippen LogP contribution is -2.41. The van der Waals surface area contributed by atoms with Crippen molar-refractivity contribution in [1.82, 2.24) is 0 Å². The van der Waals surface area contributed by atoms with E-state index >= 15 is 0 Å². The van der Waals surface area contributed by atoms with E-state index in [9.17, 15) is 26.3 Å². The van der Waals surface area contributed by atoms with E-state index in [2.05, 4.69) is 9.47 Å². The zero-order valence-electron chi connectivity index (χ0n) is 9.63. The number of hydrogen-bond donors (Lipinski definition) is 0. The number of halogens is 6. The Bertz CT molecular complexity index is 479. The molecule has 0 radical (unpaired) electrons. The standard InChI is InChI=1S/C11H7F6NO2/c12-9(20-11(15,16)17)10(13,14)19-8-3-1-7(2-4-8)5-6-18/h1-4,9H,5H2/t9-/m1/s1. The van der Waals surface area contributed by atoms with Crippen molar-refractivity contribution in [3.63, 3.8) is 0 Å². The summed E-state index contributed by atoms with van der Waals surface area (Å²) in [7, 11) is 0. The summed E-state index contributed by atoms with van der Waals surface area (Å²) in [6.07, 6.45) is -14.4. The zero-order valence-corrected chi connectivity index (χ0v) is 9.63. The highest BCUT2D eigenvalue weighted by molar-refractivity contribution is 5.28. The molecule has 110 valence electrons. The molecular weight excluding hydrogens is 292 g/mol. The van der Waals surface area contributed by atoms with Gasteiger partial charge in [-0.05, 0) is 17.7 Å². The Labute approximate surface area is 109 Å². The maximum atomic E-state index is 13.0. The van der Waals surface area contributed by atoms with Crippen molar-refractivity contribution in [3.05, 3.63) is 29.8 Å². The van der Waals surface area contributed by atoms with Crippen LogP contribution in [0.25, 0.3) is 0 Å². The van der Waals surface area contributed by atoms with Gasteiger partial charge in [-0.25, -0.2) is 9.13 Å². The number of nitriles is 1. The maximum Gasteiger partial charge on any atom is 0.525 e. The first-order chi connectivity index (χ1) is 9.14. The molecule has 9 heteroatoms. The second kappa shape index (κ2) is 6.00. The van der Waals surface area contributed by atoms with Gasteiger partial charge < -0.3 is 4.74 Å². The Hall–Kier alpha value is -1.95. The fraction of sp³-hybridized carbons (Fsp3) is 0.364. The molecule has 0 saturated heterocycles. The fourth-order valence-corrected chi connectivity index (χ4v) is 1.16. The highest BCUT2D eigenvalue weighted by Crippen LogP contribution is 2.31. The van der Waals surface area contributed by atoms with Crippen LogP contribution in [0, 0.1) is 11.3 Å². The first-order valence-corrected chi connectivity index (χ1v) is 5.05. The van der Waals surface area contributed by atoms with Gasteiger partial charge in [0.1, 0.15) is 5.75 Å². The maximum absolute atomic E-state index is 13.0. The van der Waals surface area contributed by atoms with Gasteiger partial charge in [-0.15, -0.1) is 13.2 Å². The highest BCUT2D eigenvalue weighted by Gasteiger charge is 2.50. The summed E-state index contributed by atoms with van der Waals surface area (Å²) >= 11 is 0. The zero-order chi connectivity index (χ0) is 15.4. The Balaban J connectivity index is 2.72. The summed E-state index contributed by atoms with van der Waals surface area (Å²) in [5.41, 5.74) is 0.478. The molecule has 1 aromatic carbocycles. The van der Waals surface area contributed by atoms with E-state index in [1.807, 2.05) is 0 Å². The molecule has 0 aliphatic rings. The second-order valence-corrected chi connectivity index (χ2v) is 3.52. The Morgan fingerprint density at radius 1 is 1.10 bits per heavy atom. The average Bonchev–Trinajstić information content (AvgIpc) is 2.29. The number of ether oxygens (including phenoxy) is 2. The van der Waals surface area contributed by atoms with E-state index in [1.165, 1.54) is 12.1 Å². The molecule has 0 fully saturated rings. The summed E-state index contributed by atoms with van der Waals surface area (Å²) in [4.78, 5) is 0. The minimum absolute atomic E-state index is 0.0135. The topological polar surface area (TPSA) is 42.2 Å². The van der Waals surface area contributed by atoms with E-state index in [0.29, 0.717) is 5.56 Å². The van der Waals surface area contributed by atoms with Crippen LogP contribution in [0.1, 0.15) is 5.56 Å². The number of alkyl halides is 6. The van der Waals surface area contributed by atoms with Crippen molar-refractivity contribution in [2.75, 3.05) is 0 Å². The van der Waals surface area contributed by atoms with Crippen LogP contribution in [0.3, 0.4) is 0 Å². The van der Waals surface area contributed by atoms with Crippen molar-refractivity contribution in [2.45, 2.75) is 25.2 Å². The molecule has 3 nitrogen and oxygen atoms in total. The summed E-state index contributed by atoms with van der Waals surface area (Å²) in [5, 5.41) is 8.38. The molecule has 1 aromatic rings. The molecule has 0 saturated carbocycles. The summed E-state index contributed by atoms with van der Waals surface area (Å²) < 4.78 is 80.0. The lowest BCUT2D eigenvalue weighted by Gasteiger charge is -2.22. The third-order valence-corrected chi connectivity index (χ3v) is 1.96. The fourth-order valence-electron chi connectivity index (χ4n) is 1.16. The van der Waals surface area contributed by atoms with Crippen LogP contribution in [0.5, 0.6) is 5.75 Å². The van der Waals surface area contributed by atoms with Crippen LogP contribution in [0.2, 0.25) is 0 Å². The molecule has 0 aromatic heterocycles. The first-order valence-electron chi connectivity index (χ1n) is 5.05. The molecule has 20 heavy (non-hydrogen) atoms. The van der Waals surface area contributed by atoms with E-state index in [4.69, 9.17) is 5.26 Å². The van der Waals surface area contributed by atoms with Crippen molar-refractivity contribution in [2.24, 2.45) is 0 Å². The summed E-state index contributed by atoms with van der Waals surface area (Å²) in [6, 6.07) is 6.23. The smallest absolute Gasteiger partial charge is 0.429 e. The van der Waals surface area contributed by atoms with Crippen LogP contribution in [0.4, 0.5) is 26.3 Å². The minimum atomic E-state index is -5.55. The van der Waals surface area contributed by atoms with E-state index in [-0.39, 0.29) is 6.42 Å². The predicted octanol–water partition coefficient (Wildman–Crippen LogP) is 3.56. The molecule has 0 unspecified atom stereocenters. The van der Waals surface area contributed by atoms with Crippen LogP contribution in [-0.4, -0.2) is 18.8 Å². The number of rotatable bonds is 5. The minimum Gasteiger partial charge on any atom is -0.429 e. The van der Waals surface area contributed by atoms with Gasteiger partial charge in [0, 0.05) is 0 Å². The average molecular weight is 299 g/mol. The summed E-state index contributed by atoms with van der Waals surface area (Å²) in [5.74, 6) is -0.565. The molecule has 0 heterocycles. The van der Waals surface area contributed by atoms with Crippen molar-refractivity contribution >= 4 is 0 Å². The number of hydrogen-bond acceptors (Lipinski definition) is 3. The van der Waals surface area contributed by atoms with Gasteiger partial charge >= 0.3 is 18.8 Å². The molecule has 0 bridgehead atoms. The van der Waals surface area contributed by atoms with Gasteiger partial charge in [-0.1, -0.05) is 12.1 Å². The number of nitrogens with zero attached hydrogens (tertiary/aromatic N) is 1. The largest absolute Gasteiger partial charge is 0.525 e. The molecule has 0 aliphatic carbocycles. The molecular formula is C11H7F6NO2. The van der Waals surface area contributed by atoms with Crippen LogP contribution in [-0.2, 0) is 11.2 Å². The first kappa shape index (κ1) is 16.1. The molecule has 0 aliphatic heterocycles. The van der Waals surface area contributed by atoms with Gasteiger partial charge in [0.2, 0.25) is 0 Å².